The Hall–Kier alpha value is -2.32. The standard InChI is InChI=1S/C29H39FN2O4/c1-19-7-3-8-20(15-19)27-23(10-4-11-24(27)30)28(36-14-6-13-35-2)21-9-5-12-32(18-21)29(34)22-16-25(31)26(33)17-22/h3-4,7-8,10-11,15,21-22,25-26,28,33H,5-6,9,12-14,16-18,31H2,1-2H3. The first kappa shape index (κ1) is 26.7. The first-order valence-corrected chi connectivity index (χ1v) is 13.1. The van der Waals surface area contributed by atoms with E-state index in [9.17, 15) is 9.90 Å². The number of hydrogen-bond acceptors (Lipinski definition) is 5. The lowest BCUT2D eigenvalue weighted by Gasteiger charge is -2.38. The van der Waals surface area contributed by atoms with E-state index in [1.807, 2.05) is 42.2 Å². The highest BCUT2D eigenvalue weighted by atomic mass is 19.1. The van der Waals surface area contributed by atoms with Gasteiger partial charge in [-0.2, -0.15) is 0 Å². The lowest BCUT2D eigenvalue weighted by Crippen LogP contribution is -2.44. The molecule has 0 bridgehead atoms. The first-order valence-electron chi connectivity index (χ1n) is 13.1. The third-order valence-electron chi connectivity index (χ3n) is 7.57. The molecule has 5 unspecified atom stereocenters. The lowest BCUT2D eigenvalue weighted by molar-refractivity contribution is -0.139. The van der Waals surface area contributed by atoms with Gasteiger partial charge in [0.15, 0.2) is 0 Å². The molecule has 196 valence electrons. The summed E-state index contributed by atoms with van der Waals surface area (Å²) < 4.78 is 27.0. The molecule has 2 aliphatic rings. The molecule has 1 saturated carbocycles. The summed E-state index contributed by atoms with van der Waals surface area (Å²) in [7, 11) is 1.66. The molecule has 6 nitrogen and oxygen atoms in total. The average Bonchev–Trinajstić information content (AvgIpc) is 3.21. The van der Waals surface area contributed by atoms with Crippen molar-refractivity contribution in [1.82, 2.24) is 4.90 Å². The zero-order valence-electron chi connectivity index (χ0n) is 21.4. The summed E-state index contributed by atoms with van der Waals surface area (Å²) in [6.07, 6.45) is 2.41. The molecule has 3 N–H and O–H groups in total. The minimum Gasteiger partial charge on any atom is -0.391 e. The maximum absolute atomic E-state index is 15.3. The largest absolute Gasteiger partial charge is 0.391 e. The second-order valence-corrected chi connectivity index (χ2v) is 10.3. The average molecular weight is 499 g/mol. The van der Waals surface area contributed by atoms with Crippen LogP contribution in [-0.2, 0) is 14.3 Å². The van der Waals surface area contributed by atoms with Crippen LogP contribution in [0.2, 0.25) is 0 Å². The molecule has 7 heteroatoms. The van der Waals surface area contributed by atoms with Crippen molar-refractivity contribution < 1.29 is 23.8 Å². The van der Waals surface area contributed by atoms with E-state index in [1.165, 1.54) is 6.07 Å². The molecule has 1 amide bonds. The molecule has 5 atom stereocenters. The second kappa shape index (κ2) is 12.3. The quantitative estimate of drug-likeness (QED) is 0.506. The van der Waals surface area contributed by atoms with Crippen LogP contribution in [0.25, 0.3) is 11.1 Å². The van der Waals surface area contributed by atoms with Gasteiger partial charge in [0.2, 0.25) is 5.91 Å². The molecule has 2 fully saturated rings. The topological polar surface area (TPSA) is 85.0 Å². The predicted molar refractivity (Wildman–Crippen MR) is 138 cm³/mol. The van der Waals surface area contributed by atoms with E-state index >= 15 is 4.39 Å². The Bertz CT molecular complexity index is 1020. The van der Waals surface area contributed by atoms with Gasteiger partial charge in [-0.05, 0) is 56.2 Å². The van der Waals surface area contributed by atoms with Crippen LogP contribution in [0.1, 0.15) is 49.3 Å². The summed E-state index contributed by atoms with van der Waals surface area (Å²) in [6.45, 7) is 4.29. The van der Waals surface area contributed by atoms with Gasteiger partial charge in [0.25, 0.3) is 0 Å². The van der Waals surface area contributed by atoms with Gasteiger partial charge in [-0.1, -0.05) is 42.0 Å². The Morgan fingerprint density at radius 1 is 1.22 bits per heavy atom. The van der Waals surface area contributed by atoms with Gasteiger partial charge in [0, 0.05) is 56.9 Å². The zero-order chi connectivity index (χ0) is 25.7. The van der Waals surface area contributed by atoms with Crippen molar-refractivity contribution in [3.8, 4) is 11.1 Å². The number of rotatable bonds is 9. The van der Waals surface area contributed by atoms with Crippen molar-refractivity contribution in [2.75, 3.05) is 33.4 Å². The van der Waals surface area contributed by atoms with Crippen molar-refractivity contribution >= 4 is 5.91 Å². The number of benzene rings is 2. The highest BCUT2D eigenvalue weighted by molar-refractivity contribution is 5.79. The number of likely N-dealkylation sites (tertiary alicyclic amines) is 1. The number of nitrogens with two attached hydrogens (primary N) is 1. The number of nitrogens with zero attached hydrogens (tertiary/aromatic N) is 1. The highest BCUT2D eigenvalue weighted by Crippen LogP contribution is 2.40. The number of carbonyl (C=O) groups is 1. The van der Waals surface area contributed by atoms with E-state index in [4.69, 9.17) is 15.2 Å². The molecule has 2 aromatic rings. The maximum atomic E-state index is 15.3. The van der Waals surface area contributed by atoms with Crippen molar-refractivity contribution in [1.29, 1.82) is 0 Å². The molecule has 1 aliphatic heterocycles. The Kier molecular flexibility index (Phi) is 9.12. The monoisotopic (exact) mass is 498 g/mol. The van der Waals surface area contributed by atoms with Gasteiger partial charge in [-0.15, -0.1) is 0 Å². The Morgan fingerprint density at radius 2 is 2.03 bits per heavy atom. The number of aliphatic hydroxyl groups excluding tert-OH is 1. The van der Waals surface area contributed by atoms with Crippen molar-refractivity contribution in [2.24, 2.45) is 17.6 Å². The molecule has 0 radical (unpaired) electrons. The smallest absolute Gasteiger partial charge is 0.225 e. The third kappa shape index (κ3) is 6.14. The number of carbonyl (C=O) groups excluding carboxylic acids is 1. The van der Waals surface area contributed by atoms with Crippen LogP contribution in [0.4, 0.5) is 4.39 Å². The molecule has 1 heterocycles. The number of piperidine rings is 1. The van der Waals surface area contributed by atoms with Crippen LogP contribution >= 0.6 is 0 Å². The minimum atomic E-state index is -0.624. The number of methoxy groups -OCH3 is 1. The number of halogens is 1. The number of aryl methyl sites for hydroxylation is 1. The highest BCUT2D eigenvalue weighted by Gasteiger charge is 2.39. The molecule has 4 rings (SSSR count). The molecule has 0 spiro atoms. The maximum Gasteiger partial charge on any atom is 0.225 e. The summed E-state index contributed by atoms with van der Waals surface area (Å²) in [5.41, 5.74) is 9.24. The predicted octanol–water partition coefficient (Wildman–Crippen LogP) is 4.23. The van der Waals surface area contributed by atoms with E-state index in [-0.39, 0.29) is 35.7 Å². The Morgan fingerprint density at radius 3 is 2.75 bits per heavy atom. The van der Waals surface area contributed by atoms with Crippen molar-refractivity contribution in [3.63, 3.8) is 0 Å². The van der Waals surface area contributed by atoms with Gasteiger partial charge in [-0.3, -0.25) is 4.79 Å². The number of aliphatic hydroxyl groups is 1. The van der Waals surface area contributed by atoms with Crippen LogP contribution in [0.5, 0.6) is 0 Å². The Labute approximate surface area is 213 Å². The van der Waals surface area contributed by atoms with Crippen LogP contribution < -0.4 is 5.73 Å². The van der Waals surface area contributed by atoms with E-state index in [0.717, 1.165) is 36.0 Å². The van der Waals surface area contributed by atoms with Gasteiger partial charge in [0.05, 0.1) is 12.2 Å². The molecular formula is C29H39FN2O4. The summed E-state index contributed by atoms with van der Waals surface area (Å²) in [6, 6.07) is 12.7. The van der Waals surface area contributed by atoms with Crippen LogP contribution in [0.15, 0.2) is 42.5 Å². The SMILES string of the molecule is COCCCOC(c1cccc(F)c1-c1cccc(C)c1)C1CCCN(C(=O)C2CC(N)C(O)C2)C1. The normalized spacial score (nSPS) is 25.2. The molecule has 1 aliphatic carbocycles. The molecular weight excluding hydrogens is 459 g/mol. The van der Waals surface area contributed by atoms with E-state index < -0.39 is 6.10 Å². The lowest BCUT2D eigenvalue weighted by atomic mass is 9.84. The Balaban J connectivity index is 1.62. The summed E-state index contributed by atoms with van der Waals surface area (Å²) in [4.78, 5) is 15.2. The fraction of sp³-hybridized carbons (Fsp3) is 0.552. The minimum absolute atomic E-state index is 0.0237. The zero-order valence-corrected chi connectivity index (χ0v) is 21.4. The number of hydrogen-bond donors (Lipinski definition) is 2. The summed E-state index contributed by atoms with van der Waals surface area (Å²) in [5, 5.41) is 10.1. The molecule has 0 aromatic heterocycles. The fourth-order valence-corrected chi connectivity index (χ4v) is 5.74. The van der Waals surface area contributed by atoms with Gasteiger partial charge in [0.1, 0.15) is 5.82 Å². The molecule has 36 heavy (non-hydrogen) atoms. The van der Waals surface area contributed by atoms with Crippen LogP contribution in [0, 0.1) is 24.6 Å². The van der Waals surface area contributed by atoms with E-state index in [1.54, 1.807) is 13.2 Å². The first-order chi connectivity index (χ1) is 17.4. The fourth-order valence-electron chi connectivity index (χ4n) is 5.74. The van der Waals surface area contributed by atoms with Gasteiger partial charge >= 0.3 is 0 Å². The van der Waals surface area contributed by atoms with Crippen LogP contribution in [-0.4, -0.2) is 61.5 Å². The van der Waals surface area contributed by atoms with Gasteiger partial charge in [-0.25, -0.2) is 4.39 Å². The summed E-state index contributed by atoms with van der Waals surface area (Å²) >= 11 is 0. The van der Waals surface area contributed by atoms with Gasteiger partial charge < -0.3 is 25.2 Å². The van der Waals surface area contributed by atoms with Crippen molar-refractivity contribution in [3.05, 3.63) is 59.4 Å². The van der Waals surface area contributed by atoms with E-state index in [2.05, 4.69) is 0 Å². The third-order valence-corrected chi connectivity index (χ3v) is 7.57. The van der Waals surface area contributed by atoms with E-state index in [0.29, 0.717) is 44.7 Å². The van der Waals surface area contributed by atoms with Crippen LogP contribution in [0.3, 0.4) is 0 Å². The molecule has 2 aromatic carbocycles. The summed E-state index contributed by atoms with van der Waals surface area (Å²) in [5.74, 6) is -0.438. The number of ether oxygens (including phenoxy) is 2. The van der Waals surface area contributed by atoms with Crippen molar-refractivity contribution in [2.45, 2.75) is 57.3 Å². The second-order valence-electron chi connectivity index (χ2n) is 10.3. The molecule has 1 saturated heterocycles. The number of amides is 1.